The number of hydrogen-bond donors (Lipinski definition) is 1. The molecule has 1 unspecified atom stereocenters. The Morgan fingerprint density at radius 3 is 2.37 bits per heavy atom. The van der Waals surface area contributed by atoms with Crippen LogP contribution in [0.2, 0.25) is 0 Å². The highest BCUT2D eigenvalue weighted by atomic mass is 32.2. The number of ether oxygens (including phenoxy) is 2. The molecule has 1 N–H and O–H groups in total. The molecular weight excluding hydrogens is 471 g/mol. The molecule has 2 aliphatic rings. The predicted molar refractivity (Wildman–Crippen MR) is 133 cm³/mol. The number of carbonyl (C=O) groups excluding carboxylic acids is 1. The number of halogens is 1. The van der Waals surface area contributed by atoms with Crippen LogP contribution in [0.1, 0.15) is 69.0 Å². The van der Waals surface area contributed by atoms with Gasteiger partial charge in [0.1, 0.15) is 17.2 Å². The molecule has 2 aliphatic heterocycles. The maximum atomic E-state index is 13.9. The van der Waals surface area contributed by atoms with E-state index in [2.05, 4.69) is 4.72 Å². The van der Waals surface area contributed by atoms with Crippen molar-refractivity contribution in [1.29, 1.82) is 0 Å². The van der Waals surface area contributed by atoms with Gasteiger partial charge >= 0.3 is 0 Å². The number of hydrogen-bond acceptors (Lipinski definition) is 5. The first-order valence-corrected chi connectivity index (χ1v) is 13.6. The molecule has 0 aliphatic carbocycles. The number of nitrogens with zero attached hydrogens (tertiary/aromatic N) is 1. The van der Waals surface area contributed by atoms with E-state index in [9.17, 15) is 17.6 Å². The van der Waals surface area contributed by atoms with Crippen molar-refractivity contribution in [3.8, 4) is 5.75 Å². The second kappa shape index (κ2) is 9.78. The molecule has 0 aromatic heterocycles. The van der Waals surface area contributed by atoms with Crippen LogP contribution in [0, 0.1) is 5.82 Å². The number of sulfonamides is 1. The van der Waals surface area contributed by atoms with Gasteiger partial charge in [0, 0.05) is 49.2 Å². The van der Waals surface area contributed by atoms with Crippen molar-refractivity contribution >= 4 is 21.6 Å². The number of anilines is 1. The van der Waals surface area contributed by atoms with E-state index in [1.54, 1.807) is 49.1 Å². The smallest absolute Gasteiger partial charge is 0.253 e. The van der Waals surface area contributed by atoms with E-state index in [0.717, 1.165) is 5.56 Å². The zero-order valence-corrected chi connectivity index (χ0v) is 21.4. The number of carbonyl (C=O) groups is 1. The van der Waals surface area contributed by atoms with E-state index in [1.165, 1.54) is 12.1 Å². The fourth-order valence-electron chi connectivity index (χ4n) is 4.61. The zero-order valence-electron chi connectivity index (χ0n) is 20.6. The van der Waals surface area contributed by atoms with Crippen LogP contribution in [0.4, 0.5) is 10.1 Å². The molecule has 190 valence electrons. The minimum atomic E-state index is -3.45. The summed E-state index contributed by atoms with van der Waals surface area (Å²) in [5.41, 5.74) is 1.19. The summed E-state index contributed by atoms with van der Waals surface area (Å²) in [6.45, 7) is 8.17. The molecule has 0 saturated carbocycles. The topological polar surface area (TPSA) is 84.9 Å². The largest absolute Gasteiger partial charge is 0.487 e. The van der Waals surface area contributed by atoms with Gasteiger partial charge in [-0.1, -0.05) is 0 Å². The van der Waals surface area contributed by atoms with Gasteiger partial charge in [0.25, 0.3) is 5.91 Å². The SMILES string of the molecule is CC(C)OC1CC2(CCN(C(=O)c3ccc(NS(=O)(=O)C(C)C)cc3)CC2)Oc2ccc(F)cc21. The van der Waals surface area contributed by atoms with Crippen molar-refractivity contribution in [3.63, 3.8) is 0 Å². The first-order valence-electron chi connectivity index (χ1n) is 12.0. The van der Waals surface area contributed by atoms with Crippen LogP contribution in [-0.4, -0.2) is 49.3 Å². The summed E-state index contributed by atoms with van der Waals surface area (Å²) >= 11 is 0. The molecule has 7 nitrogen and oxygen atoms in total. The third kappa shape index (κ3) is 5.62. The number of amides is 1. The van der Waals surface area contributed by atoms with Gasteiger partial charge in [0.2, 0.25) is 10.0 Å². The average Bonchev–Trinajstić information content (AvgIpc) is 2.79. The number of rotatable bonds is 6. The molecule has 1 fully saturated rings. The molecule has 2 heterocycles. The lowest BCUT2D eigenvalue weighted by Gasteiger charge is -2.47. The number of fused-ring (bicyclic) bond motifs is 1. The van der Waals surface area contributed by atoms with Crippen LogP contribution >= 0.6 is 0 Å². The Morgan fingerprint density at radius 1 is 1.11 bits per heavy atom. The highest BCUT2D eigenvalue weighted by molar-refractivity contribution is 7.93. The van der Waals surface area contributed by atoms with Gasteiger partial charge in [-0.3, -0.25) is 9.52 Å². The van der Waals surface area contributed by atoms with Gasteiger partial charge in [-0.05, 0) is 70.2 Å². The van der Waals surface area contributed by atoms with Crippen LogP contribution in [-0.2, 0) is 14.8 Å². The van der Waals surface area contributed by atoms with Gasteiger partial charge in [-0.15, -0.1) is 0 Å². The molecular formula is C26H33FN2O5S. The van der Waals surface area contributed by atoms with E-state index < -0.39 is 20.9 Å². The Bertz CT molecular complexity index is 1170. The lowest BCUT2D eigenvalue weighted by atomic mass is 9.81. The Balaban J connectivity index is 1.43. The lowest BCUT2D eigenvalue weighted by molar-refractivity contribution is -0.0873. The molecule has 2 aromatic rings. The fourth-order valence-corrected chi connectivity index (χ4v) is 5.31. The average molecular weight is 505 g/mol. The van der Waals surface area contributed by atoms with Crippen molar-refractivity contribution in [2.45, 2.75) is 70.0 Å². The Labute approximate surface area is 206 Å². The molecule has 1 amide bonds. The first kappa shape index (κ1) is 25.4. The van der Waals surface area contributed by atoms with Crippen molar-refractivity contribution < 1.29 is 27.1 Å². The van der Waals surface area contributed by atoms with Crippen LogP contribution in [0.25, 0.3) is 0 Å². The molecule has 0 bridgehead atoms. The summed E-state index contributed by atoms with van der Waals surface area (Å²) in [7, 11) is -3.45. The molecule has 1 atom stereocenters. The van der Waals surface area contributed by atoms with Crippen LogP contribution < -0.4 is 9.46 Å². The summed E-state index contributed by atoms with van der Waals surface area (Å²) in [5, 5.41) is -0.553. The van der Waals surface area contributed by atoms with Gasteiger partial charge in [-0.2, -0.15) is 0 Å². The van der Waals surface area contributed by atoms with Crippen LogP contribution in [0.15, 0.2) is 42.5 Å². The second-order valence-electron chi connectivity index (χ2n) is 9.91. The minimum absolute atomic E-state index is 0.0130. The predicted octanol–water partition coefficient (Wildman–Crippen LogP) is 4.90. The van der Waals surface area contributed by atoms with Gasteiger partial charge < -0.3 is 14.4 Å². The molecule has 2 aromatic carbocycles. The van der Waals surface area contributed by atoms with E-state index >= 15 is 0 Å². The van der Waals surface area contributed by atoms with Crippen molar-refractivity contribution in [2.75, 3.05) is 17.8 Å². The maximum absolute atomic E-state index is 13.9. The summed E-state index contributed by atoms with van der Waals surface area (Å²) < 4.78 is 53.1. The van der Waals surface area contributed by atoms with Gasteiger partial charge in [0.05, 0.1) is 17.5 Å². The zero-order chi connectivity index (χ0) is 25.4. The maximum Gasteiger partial charge on any atom is 0.253 e. The molecule has 1 spiro atoms. The summed E-state index contributed by atoms with van der Waals surface area (Å²) in [5.74, 6) is 0.220. The summed E-state index contributed by atoms with van der Waals surface area (Å²) in [6.07, 6.45) is 1.60. The normalized spacial score (nSPS) is 19.5. The third-order valence-electron chi connectivity index (χ3n) is 6.61. The second-order valence-corrected chi connectivity index (χ2v) is 12.1. The molecule has 35 heavy (non-hydrogen) atoms. The number of nitrogens with one attached hydrogen (secondary N) is 1. The monoisotopic (exact) mass is 504 g/mol. The first-order chi connectivity index (χ1) is 16.5. The fraction of sp³-hybridized carbons (Fsp3) is 0.500. The highest BCUT2D eigenvalue weighted by Gasteiger charge is 2.44. The Hall–Kier alpha value is -2.65. The Kier molecular flexibility index (Phi) is 7.11. The molecule has 9 heteroatoms. The summed E-state index contributed by atoms with van der Waals surface area (Å²) in [6, 6.07) is 11.0. The molecule has 4 rings (SSSR count). The molecule has 0 radical (unpaired) electrons. The van der Waals surface area contributed by atoms with Gasteiger partial charge in [0.15, 0.2) is 0 Å². The Morgan fingerprint density at radius 2 is 1.77 bits per heavy atom. The standard InChI is InChI=1S/C26H33FN2O5S/c1-17(2)33-24-16-26(34-23-10-7-20(27)15-22(23)24)11-13-29(14-12-26)25(30)19-5-8-21(9-6-19)28-35(31,32)18(3)4/h5-10,15,17-18,24,28H,11-14,16H2,1-4H3. The third-order valence-corrected chi connectivity index (χ3v) is 8.37. The van der Waals surface area contributed by atoms with Crippen LogP contribution in [0.3, 0.4) is 0 Å². The molecule has 1 saturated heterocycles. The number of piperidine rings is 1. The summed E-state index contributed by atoms with van der Waals surface area (Å²) in [4.78, 5) is 14.9. The van der Waals surface area contributed by atoms with Crippen LogP contribution in [0.5, 0.6) is 5.75 Å². The van der Waals surface area contributed by atoms with E-state index in [1.807, 2.05) is 13.8 Å². The van der Waals surface area contributed by atoms with Crippen molar-refractivity contribution in [1.82, 2.24) is 4.90 Å². The van der Waals surface area contributed by atoms with E-state index in [4.69, 9.17) is 9.47 Å². The minimum Gasteiger partial charge on any atom is -0.487 e. The highest BCUT2D eigenvalue weighted by Crippen LogP contribution is 2.46. The van der Waals surface area contributed by atoms with Crippen molar-refractivity contribution in [3.05, 3.63) is 59.4 Å². The van der Waals surface area contributed by atoms with E-state index in [-0.39, 0.29) is 23.9 Å². The lowest BCUT2D eigenvalue weighted by Crippen LogP contribution is -2.52. The quantitative estimate of drug-likeness (QED) is 0.605. The van der Waals surface area contributed by atoms with Crippen molar-refractivity contribution in [2.24, 2.45) is 0 Å². The number of likely N-dealkylation sites (tertiary alicyclic amines) is 1. The number of benzene rings is 2. The van der Waals surface area contributed by atoms with E-state index in [0.29, 0.717) is 49.4 Å². The van der Waals surface area contributed by atoms with Gasteiger partial charge in [-0.25, -0.2) is 12.8 Å².